The van der Waals surface area contributed by atoms with Crippen molar-refractivity contribution in [3.8, 4) is 0 Å². The second kappa shape index (κ2) is 8.96. The van der Waals surface area contributed by atoms with E-state index in [-0.39, 0.29) is 36.2 Å². The van der Waals surface area contributed by atoms with Crippen molar-refractivity contribution in [2.45, 2.75) is 39.2 Å². The largest absolute Gasteiger partial charge is 0.351 e. The highest BCUT2D eigenvalue weighted by molar-refractivity contribution is 7.09. The maximum absolute atomic E-state index is 11.8. The highest BCUT2D eigenvalue weighted by Gasteiger charge is 2.14. The number of aromatic nitrogens is 1. The molecule has 0 saturated carbocycles. The number of carbonyl (C=O) groups is 2. The number of halogens is 1. The second-order valence-corrected chi connectivity index (χ2v) is 6.41. The minimum atomic E-state index is -0.257. The van der Waals surface area contributed by atoms with Crippen LogP contribution >= 0.6 is 23.7 Å². The molecule has 21 heavy (non-hydrogen) atoms. The maximum Gasteiger partial charge on any atom is 0.270 e. The predicted molar refractivity (Wildman–Crippen MR) is 87.0 cm³/mol. The lowest BCUT2D eigenvalue weighted by Gasteiger charge is -2.20. The van der Waals surface area contributed by atoms with E-state index < -0.39 is 0 Å². The van der Waals surface area contributed by atoms with E-state index in [0.29, 0.717) is 25.2 Å². The molecule has 0 aliphatic heterocycles. The summed E-state index contributed by atoms with van der Waals surface area (Å²) in [6.07, 6.45) is 0.925. The molecule has 0 bridgehead atoms. The van der Waals surface area contributed by atoms with E-state index in [9.17, 15) is 9.59 Å². The molecular weight excluding hydrogens is 312 g/mol. The Labute approximate surface area is 135 Å². The number of rotatable bonds is 6. The van der Waals surface area contributed by atoms with E-state index in [2.05, 4.69) is 15.6 Å². The summed E-state index contributed by atoms with van der Waals surface area (Å²) < 4.78 is 0. The molecule has 2 amide bonds. The molecule has 0 aromatic carbocycles. The Morgan fingerprint density at radius 3 is 2.62 bits per heavy atom. The van der Waals surface area contributed by atoms with Gasteiger partial charge in [-0.3, -0.25) is 9.59 Å². The Kier molecular flexibility index (Phi) is 8.46. The van der Waals surface area contributed by atoms with Gasteiger partial charge in [-0.05, 0) is 27.3 Å². The van der Waals surface area contributed by atoms with Gasteiger partial charge >= 0.3 is 0 Å². The molecule has 0 radical (unpaired) electrons. The van der Waals surface area contributed by atoms with Gasteiger partial charge in [0.05, 0.1) is 5.01 Å². The fraction of sp³-hybridized carbons (Fsp3) is 0.615. The molecule has 0 atom stereocenters. The summed E-state index contributed by atoms with van der Waals surface area (Å²) in [6.45, 7) is 6.55. The predicted octanol–water partition coefficient (Wildman–Crippen LogP) is 1.10. The summed E-state index contributed by atoms with van der Waals surface area (Å²) in [5.74, 6) is -0.340. The summed E-state index contributed by atoms with van der Waals surface area (Å²) in [4.78, 5) is 27.6. The second-order valence-electron chi connectivity index (χ2n) is 5.47. The molecule has 0 unspecified atom stereocenters. The highest BCUT2D eigenvalue weighted by atomic mass is 35.5. The van der Waals surface area contributed by atoms with Crippen molar-refractivity contribution < 1.29 is 9.59 Å². The van der Waals surface area contributed by atoms with Gasteiger partial charge in [0, 0.05) is 30.3 Å². The number of nitrogens with zero attached hydrogens (tertiary/aromatic N) is 1. The van der Waals surface area contributed by atoms with Gasteiger partial charge in [0.2, 0.25) is 5.91 Å². The molecule has 1 heterocycles. The van der Waals surface area contributed by atoms with Crippen LogP contribution in [0.1, 0.15) is 42.7 Å². The van der Waals surface area contributed by atoms with Gasteiger partial charge in [-0.15, -0.1) is 23.7 Å². The Bertz CT molecular complexity index is 471. The molecule has 6 nitrogen and oxygen atoms in total. The van der Waals surface area contributed by atoms with E-state index in [1.807, 2.05) is 20.8 Å². The van der Waals surface area contributed by atoms with Crippen molar-refractivity contribution >= 4 is 35.6 Å². The van der Waals surface area contributed by atoms with Crippen LogP contribution in [0, 0.1) is 0 Å². The molecule has 0 spiro atoms. The Hall–Kier alpha value is -1.18. The van der Waals surface area contributed by atoms with Crippen LogP contribution in [0.3, 0.4) is 0 Å². The molecular formula is C13H23ClN4O2S. The third-order valence-corrected chi connectivity index (χ3v) is 3.20. The van der Waals surface area contributed by atoms with Crippen LogP contribution in [0.15, 0.2) is 5.38 Å². The molecule has 0 aliphatic rings. The summed E-state index contributed by atoms with van der Waals surface area (Å²) in [5.41, 5.74) is 5.56. The van der Waals surface area contributed by atoms with Crippen LogP contribution in [-0.4, -0.2) is 35.4 Å². The lowest BCUT2D eigenvalue weighted by molar-refractivity contribution is -0.122. The van der Waals surface area contributed by atoms with Gasteiger partial charge < -0.3 is 16.4 Å². The van der Waals surface area contributed by atoms with Crippen LogP contribution in [0.2, 0.25) is 0 Å². The van der Waals surface area contributed by atoms with E-state index >= 15 is 0 Å². The molecule has 1 aromatic rings. The molecule has 0 saturated heterocycles. The van der Waals surface area contributed by atoms with Gasteiger partial charge in [0.25, 0.3) is 5.91 Å². The first-order valence-electron chi connectivity index (χ1n) is 6.55. The van der Waals surface area contributed by atoms with E-state index in [1.54, 1.807) is 5.38 Å². The van der Waals surface area contributed by atoms with Crippen LogP contribution in [-0.2, 0) is 11.2 Å². The lowest BCUT2D eigenvalue weighted by Crippen LogP contribution is -2.42. The molecule has 4 N–H and O–H groups in total. The van der Waals surface area contributed by atoms with Crippen LogP contribution < -0.4 is 16.4 Å². The number of amides is 2. The third-order valence-electron chi connectivity index (χ3n) is 2.29. The van der Waals surface area contributed by atoms with E-state index in [1.165, 1.54) is 11.3 Å². The number of thiazole rings is 1. The third kappa shape index (κ3) is 7.99. The number of hydrogen-bond donors (Lipinski definition) is 3. The summed E-state index contributed by atoms with van der Waals surface area (Å²) in [7, 11) is 0. The van der Waals surface area contributed by atoms with Crippen molar-refractivity contribution in [1.82, 2.24) is 15.6 Å². The first-order valence-corrected chi connectivity index (χ1v) is 7.43. The topological polar surface area (TPSA) is 97.1 Å². The monoisotopic (exact) mass is 334 g/mol. The number of hydrogen-bond acceptors (Lipinski definition) is 5. The molecule has 1 rings (SSSR count). The zero-order valence-electron chi connectivity index (χ0n) is 12.6. The number of carbonyl (C=O) groups excluding carboxylic acids is 2. The normalized spacial score (nSPS) is 10.7. The van der Waals surface area contributed by atoms with Crippen molar-refractivity contribution in [2.24, 2.45) is 5.73 Å². The quantitative estimate of drug-likeness (QED) is 0.725. The van der Waals surface area contributed by atoms with Crippen molar-refractivity contribution in [3.63, 3.8) is 0 Å². The Balaban J connectivity index is 0.00000400. The first-order chi connectivity index (χ1) is 9.31. The first kappa shape index (κ1) is 19.8. The number of nitrogens with one attached hydrogen (secondary N) is 2. The Morgan fingerprint density at radius 2 is 2.05 bits per heavy atom. The van der Waals surface area contributed by atoms with Crippen LogP contribution in [0.5, 0.6) is 0 Å². The lowest BCUT2D eigenvalue weighted by atomic mass is 10.1. The van der Waals surface area contributed by atoms with E-state index in [4.69, 9.17) is 5.73 Å². The summed E-state index contributed by atoms with van der Waals surface area (Å²) >= 11 is 1.42. The number of nitrogens with two attached hydrogens (primary N) is 1. The summed E-state index contributed by atoms with van der Waals surface area (Å²) in [6, 6.07) is 0. The maximum atomic E-state index is 11.8. The van der Waals surface area contributed by atoms with E-state index in [0.717, 1.165) is 5.01 Å². The fourth-order valence-corrected chi connectivity index (χ4v) is 2.31. The van der Waals surface area contributed by atoms with Crippen LogP contribution in [0.25, 0.3) is 0 Å². The SMILES string of the molecule is CC(C)(C)NC(=O)CCNC(=O)c1csc(CCN)n1.Cl. The molecule has 0 fully saturated rings. The van der Waals surface area contributed by atoms with Crippen molar-refractivity contribution in [1.29, 1.82) is 0 Å². The summed E-state index contributed by atoms with van der Waals surface area (Å²) in [5, 5.41) is 8.07. The van der Waals surface area contributed by atoms with Gasteiger partial charge in [-0.2, -0.15) is 0 Å². The average Bonchev–Trinajstić information content (AvgIpc) is 2.75. The smallest absolute Gasteiger partial charge is 0.270 e. The van der Waals surface area contributed by atoms with Gasteiger partial charge in [-0.25, -0.2) is 4.98 Å². The standard InChI is InChI=1S/C13H22N4O2S.ClH/c1-13(2,3)17-10(18)5-7-15-12(19)9-8-20-11(16-9)4-6-14;/h8H,4-7,14H2,1-3H3,(H,15,19)(H,17,18);1H. The van der Waals surface area contributed by atoms with Crippen molar-refractivity contribution in [2.75, 3.05) is 13.1 Å². The molecule has 8 heteroatoms. The minimum absolute atomic E-state index is 0. The Morgan fingerprint density at radius 1 is 1.38 bits per heavy atom. The van der Waals surface area contributed by atoms with Gasteiger partial charge in [0.15, 0.2) is 0 Å². The van der Waals surface area contributed by atoms with Crippen molar-refractivity contribution in [3.05, 3.63) is 16.1 Å². The average molecular weight is 335 g/mol. The fourth-order valence-electron chi connectivity index (χ4n) is 1.51. The highest BCUT2D eigenvalue weighted by Crippen LogP contribution is 2.09. The minimum Gasteiger partial charge on any atom is -0.351 e. The zero-order chi connectivity index (χ0) is 15.2. The molecule has 120 valence electrons. The van der Waals surface area contributed by atoms with Gasteiger partial charge in [-0.1, -0.05) is 0 Å². The molecule has 0 aliphatic carbocycles. The molecule has 1 aromatic heterocycles. The van der Waals surface area contributed by atoms with Crippen LogP contribution in [0.4, 0.5) is 0 Å². The zero-order valence-corrected chi connectivity index (χ0v) is 14.2. The van der Waals surface area contributed by atoms with Gasteiger partial charge in [0.1, 0.15) is 5.69 Å².